The SMILES string of the molecule is Cc1cccc(F)c1CO[C@H]1C[C@H]2CC[C@@H](C1)N2CC1CC1CO[Si](c1ccccc1)(c1ccccc1)C(C)(C)C. The number of nitrogens with zero attached hydrogens (tertiary/aromatic N) is 1. The summed E-state index contributed by atoms with van der Waals surface area (Å²) in [6.07, 6.45) is 6.16. The minimum atomic E-state index is -2.48. The van der Waals surface area contributed by atoms with Crippen molar-refractivity contribution in [3.8, 4) is 0 Å². The van der Waals surface area contributed by atoms with Gasteiger partial charge in [0.1, 0.15) is 5.82 Å². The molecule has 6 rings (SSSR count). The molecule has 2 heterocycles. The standard InChI is InChI=1S/C36H46FNO2Si/c1-26-12-11-17-35(37)34(26)25-39-31-21-29-18-19-30(22-31)38(29)23-27-20-28(27)24-40-41(36(2,3)4,32-13-7-5-8-14-32)33-15-9-6-10-16-33/h5-17,27-31H,18-25H2,1-4H3/t27?,28?,29-,30+,31+. The highest BCUT2D eigenvalue weighted by Crippen LogP contribution is 2.46. The molecule has 0 amide bonds. The second kappa shape index (κ2) is 11.8. The Morgan fingerprint density at radius 1 is 0.805 bits per heavy atom. The Morgan fingerprint density at radius 2 is 1.41 bits per heavy atom. The van der Waals surface area contributed by atoms with Crippen LogP contribution in [0.4, 0.5) is 4.39 Å². The van der Waals surface area contributed by atoms with Crippen molar-refractivity contribution in [3.63, 3.8) is 0 Å². The molecule has 0 aromatic heterocycles. The monoisotopic (exact) mass is 571 g/mol. The highest BCUT2D eigenvalue weighted by molar-refractivity contribution is 6.99. The minimum Gasteiger partial charge on any atom is -0.407 e. The van der Waals surface area contributed by atoms with Gasteiger partial charge in [0.15, 0.2) is 0 Å². The highest BCUT2D eigenvalue weighted by atomic mass is 28.4. The molecule has 2 saturated heterocycles. The van der Waals surface area contributed by atoms with E-state index in [1.165, 1.54) is 36.2 Å². The molecule has 2 unspecified atom stereocenters. The summed E-state index contributed by atoms with van der Waals surface area (Å²) < 4.78 is 27.9. The van der Waals surface area contributed by atoms with E-state index < -0.39 is 8.32 Å². The van der Waals surface area contributed by atoms with E-state index in [-0.39, 0.29) is 17.0 Å². The topological polar surface area (TPSA) is 21.7 Å². The van der Waals surface area contributed by atoms with Crippen molar-refractivity contribution < 1.29 is 13.6 Å². The third-order valence-electron chi connectivity index (χ3n) is 10.1. The summed E-state index contributed by atoms with van der Waals surface area (Å²) in [6, 6.07) is 28.5. The van der Waals surface area contributed by atoms with E-state index in [4.69, 9.17) is 9.16 Å². The van der Waals surface area contributed by atoms with Gasteiger partial charge in [-0.15, -0.1) is 0 Å². The molecule has 2 aliphatic heterocycles. The Balaban J connectivity index is 1.08. The second-order valence-corrected chi connectivity index (χ2v) is 18.1. The average molecular weight is 572 g/mol. The number of halogens is 1. The van der Waals surface area contributed by atoms with E-state index in [1.807, 2.05) is 13.0 Å². The van der Waals surface area contributed by atoms with Crippen LogP contribution < -0.4 is 10.4 Å². The van der Waals surface area contributed by atoms with Crippen molar-refractivity contribution in [3.05, 3.63) is 95.8 Å². The van der Waals surface area contributed by atoms with E-state index in [0.717, 1.165) is 30.9 Å². The quantitative estimate of drug-likeness (QED) is 0.248. The van der Waals surface area contributed by atoms with Gasteiger partial charge in [0.25, 0.3) is 8.32 Å². The molecular formula is C36H46FNO2Si. The molecule has 0 spiro atoms. The largest absolute Gasteiger partial charge is 0.407 e. The second-order valence-electron chi connectivity index (χ2n) is 13.8. The molecule has 41 heavy (non-hydrogen) atoms. The van der Waals surface area contributed by atoms with Crippen LogP contribution in [0, 0.1) is 24.6 Å². The Morgan fingerprint density at radius 3 is 1.98 bits per heavy atom. The van der Waals surface area contributed by atoms with Gasteiger partial charge in [-0.2, -0.15) is 0 Å². The zero-order chi connectivity index (χ0) is 28.6. The fraction of sp³-hybridized carbons (Fsp3) is 0.500. The normalized spacial score (nSPS) is 26.3. The van der Waals surface area contributed by atoms with Gasteiger partial charge in [0, 0.05) is 30.8 Å². The van der Waals surface area contributed by atoms with Crippen LogP contribution in [0.3, 0.4) is 0 Å². The van der Waals surface area contributed by atoms with Gasteiger partial charge in [-0.25, -0.2) is 4.39 Å². The van der Waals surface area contributed by atoms with Gasteiger partial charge in [0.2, 0.25) is 0 Å². The van der Waals surface area contributed by atoms with Crippen LogP contribution >= 0.6 is 0 Å². The summed E-state index contributed by atoms with van der Waals surface area (Å²) in [5, 5.41) is 2.74. The van der Waals surface area contributed by atoms with Gasteiger partial charge in [0.05, 0.1) is 12.7 Å². The maximum atomic E-state index is 14.3. The molecule has 0 N–H and O–H groups in total. The number of aryl methyl sites for hydroxylation is 1. The Hall–Kier alpha value is -2.31. The number of hydrogen-bond donors (Lipinski definition) is 0. The minimum absolute atomic E-state index is 0.0162. The van der Waals surface area contributed by atoms with Crippen molar-refractivity contribution >= 4 is 18.7 Å². The van der Waals surface area contributed by atoms with Gasteiger partial charge in [-0.3, -0.25) is 4.90 Å². The van der Waals surface area contributed by atoms with Crippen molar-refractivity contribution in [2.24, 2.45) is 11.8 Å². The van der Waals surface area contributed by atoms with Crippen molar-refractivity contribution in [2.45, 2.75) is 89.6 Å². The van der Waals surface area contributed by atoms with Crippen LogP contribution in [-0.2, 0) is 15.8 Å². The predicted octanol–water partition coefficient (Wildman–Crippen LogP) is 6.86. The molecule has 3 nitrogen and oxygen atoms in total. The number of piperidine rings is 1. The fourth-order valence-electron chi connectivity index (χ4n) is 7.71. The molecule has 3 aromatic rings. The Kier molecular flexibility index (Phi) is 8.25. The molecule has 0 radical (unpaired) electrons. The summed E-state index contributed by atoms with van der Waals surface area (Å²) in [7, 11) is -2.48. The lowest BCUT2D eigenvalue weighted by Gasteiger charge is -2.43. The maximum absolute atomic E-state index is 14.3. The first-order chi connectivity index (χ1) is 19.8. The zero-order valence-electron chi connectivity index (χ0n) is 25.2. The molecular weight excluding hydrogens is 525 g/mol. The molecule has 1 aliphatic carbocycles. The zero-order valence-corrected chi connectivity index (χ0v) is 26.2. The lowest BCUT2D eigenvalue weighted by atomic mass is 9.99. The first kappa shape index (κ1) is 28.8. The molecule has 5 heteroatoms. The lowest BCUT2D eigenvalue weighted by molar-refractivity contribution is -0.0306. The van der Waals surface area contributed by atoms with E-state index in [2.05, 4.69) is 86.3 Å². The smallest absolute Gasteiger partial charge is 0.261 e. The van der Waals surface area contributed by atoms with Gasteiger partial charge >= 0.3 is 0 Å². The van der Waals surface area contributed by atoms with E-state index in [9.17, 15) is 4.39 Å². The van der Waals surface area contributed by atoms with Crippen LogP contribution in [0.2, 0.25) is 5.04 Å². The van der Waals surface area contributed by atoms with Gasteiger partial charge < -0.3 is 9.16 Å². The molecule has 2 bridgehead atoms. The molecule has 218 valence electrons. The molecule has 5 atom stereocenters. The van der Waals surface area contributed by atoms with Crippen molar-refractivity contribution in [1.82, 2.24) is 4.90 Å². The fourth-order valence-corrected chi connectivity index (χ4v) is 12.3. The summed E-state index contributed by atoms with van der Waals surface area (Å²) in [6.45, 7) is 11.5. The van der Waals surface area contributed by atoms with E-state index >= 15 is 0 Å². The van der Waals surface area contributed by atoms with E-state index in [1.54, 1.807) is 12.1 Å². The first-order valence-corrected chi connectivity index (χ1v) is 17.5. The first-order valence-electron chi connectivity index (χ1n) is 15.6. The molecule has 3 fully saturated rings. The van der Waals surface area contributed by atoms with Crippen molar-refractivity contribution in [1.29, 1.82) is 0 Å². The highest BCUT2D eigenvalue weighted by Gasteiger charge is 2.52. The van der Waals surface area contributed by atoms with Crippen LogP contribution in [-0.4, -0.2) is 44.6 Å². The summed E-state index contributed by atoms with van der Waals surface area (Å²) in [5.74, 6) is 1.20. The van der Waals surface area contributed by atoms with Crippen molar-refractivity contribution in [2.75, 3.05) is 13.2 Å². The maximum Gasteiger partial charge on any atom is 0.261 e. The molecule has 3 aliphatic rings. The third kappa shape index (κ3) is 5.84. The number of fused-ring (bicyclic) bond motifs is 2. The predicted molar refractivity (Wildman–Crippen MR) is 168 cm³/mol. The Bertz CT molecular complexity index is 1240. The average Bonchev–Trinajstić information content (AvgIpc) is 3.66. The molecule has 3 aromatic carbocycles. The number of ether oxygens (including phenoxy) is 1. The molecule has 1 saturated carbocycles. The summed E-state index contributed by atoms with van der Waals surface area (Å²) in [5.41, 5.74) is 1.69. The number of rotatable bonds is 10. The number of hydrogen-bond acceptors (Lipinski definition) is 3. The summed E-state index contributed by atoms with van der Waals surface area (Å²) >= 11 is 0. The van der Waals surface area contributed by atoms with Crippen LogP contribution in [0.25, 0.3) is 0 Å². The van der Waals surface area contributed by atoms with Crippen LogP contribution in [0.15, 0.2) is 78.9 Å². The summed E-state index contributed by atoms with van der Waals surface area (Å²) in [4.78, 5) is 2.79. The van der Waals surface area contributed by atoms with Crippen LogP contribution in [0.5, 0.6) is 0 Å². The van der Waals surface area contributed by atoms with Gasteiger partial charge in [-0.1, -0.05) is 93.6 Å². The Labute approximate surface area is 247 Å². The van der Waals surface area contributed by atoms with Crippen LogP contribution in [0.1, 0.15) is 64.0 Å². The van der Waals surface area contributed by atoms with E-state index in [0.29, 0.717) is 30.2 Å². The third-order valence-corrected chi connectivity index (χ3v) is 15.1. The number of benzene rings is 3. The van der Waals surface area contributed by atoms with Gasteiger partial charge in [-0.05, 0) is 77.9 Å². The lowest BCUT2D eigenvalue weighted by Crippen LogP contribution is -2.66.